The Labute approximate surface area is 130 Å². The summed E-state index contributed by atoms with van der Waals surface area (Å²) in [5, 5.41) is 0. The van der Waals surface area contributed by atoms with Gasteiger partial charge in [0.25, 0.3) is 20.2 Å². The molecule has 9 heteroatoms. The fourth-order valence-electron chi connectivity index (χ4n) is 1.16. The van der Waals surface area contributed by atoms with Gasteiger partial charge < -0.3 is 0 Å². The van der Waals surface area contributed by atoms with Crippen molar-refractivity contribution in [3.8, 4) is 0 Å². The van der Waals surface area contributed by atoms with Crippen molar-refractivity contribution in [3.05, 3.63) is 60.4 Å². The van der Waals surface area contributed by atoms with Gasteiger partial charge in [-0.2, -0.15) is 16.8 Å². The first-order chi connectivity index (χ1) is 10.0. The van der Waals surface area contributed by atoms with Crippen molar-refractivity contribution >= 4 is 20.2 Å². The highest BCUT2D eigenvalue weighted by Gasteiger charge is 2.10. The summed E-state index contributed by atoms with van der Waals surface area (Å²) in [5.74, 6) is 0. The van der Waals surface area contributed by atoms with Crippen molar-refractivity contribution in [2.45, 2.75) is 11.8 Å². The molecule has 22 heavy (non-hydrogen) atoms. The fraction of sp³-hybridized carbons (Fsp3) is 0.154. The summed E-state index contributed by atoms with van der Waals surface area (Å²) in [6.45, 7) is 1.63. The lowest BCUT2D eigenvalue weighted by Gasteiger charge is -1.99. The third-order valence-corrected chi connectivity index (χ3v) is 2.95. The Hall–Kier alpha value is -1.81. The smallest absolute Gasteiger partial charge is 0.286 e. The molecule has 0 unspecified atom stereocenters. The van der Waals surface area contributed by atoms with Gasteiger partial charge in [0.2, 0.25) is 0 Å². The van der Waals surface area contributed by atoms with Crippen LogP contribution in [0.15, 0.2) is 59.8 Å². The van der Waals surface area contributed by atoms with Crippen molar-refractivity contribution in [3.63, 3.8) is 0 Å². The SMILES string of the molecule is CS(=O)(=O)O.Cc1ccccc1S(=O)(=O)O.c1ccncc1. The van der Waals surface area contributed by atoms with Crippen LogP contribution in [0, 0.1) is 6.92 Å². The lowest BCUT2D eigenvalue weighted by atomic mass is 10.2. The number of rotatable bonds is 1. The summed E-state index contributed by atoms with van der Waals surface area (Å²) < 4.78 is 55.7. The number of aryl methyl sites for hydroxylation is 1. The zero-order valence-electron chi connectivity index (χ0n) is 12.0. The Morgan fingerprint density at radius 3 is 1.55 bits per heavy atom. The van der Waals surface area contributed by atoms with Crippen LogP contribution in [-0.4, -0.2) is 37.2 Å². The first-order valence-corrected chi connectivity index (χ1v) is 9.11. The predicted molar refractivity (Wildman–Crippen MR) is 82.7 cm³/mol. The molecule has 0 atom stereocenters. The summed E-state index contributed by atoms with van der Waals surface area (Å²) in [7, 11) is -7.70. The maximum Gasteiger partial charge on any atom is 0.294 e. The monoisotopic (exact) mass is 347 g/mol. The molecule has 0 radical (unpaired) electrons. The quantitative estimate of drug-likeness (QED) is 0.755. The van der Waals surface area contributed by atoms with Crippen LogP contribution in [0.4, 0.5) is 0 Å². The molecule has 2 rings (SSSR count). The van der Waals surface area contributed by atoms with Gasteiger partial charge in [-0.15, -0.1) is 0 Å². The summed E-state index contributed by atoms with van der Waals surface area (Å²) in [5.41, 5.74) is 0.551. The second-order valence-electron chi connectivity index (χ2n) is 4.00. The maximum absolute atomic E-state index is 10.6. The maximum atomic E-state index is 10.6. The van der Waals surface area contributed by atoms with Gasteiger partial charge in [-0.25, -0.2) is 0 Å². The molecule has 0 fully saturated rings. The van der Waals surface area contributed by atoms with Gasteiger partial charge in [-0.3, -0.25) is 14.1 Å². The van der Waals surface area contributed by atoms with E-state index in [0.717, 1.165) is 0 Å². The molecule has 0 spiro atoms. The van der Waals surface area contributed by atoms with Crippen molar-refractivity contribution in [1.29, 1.82) is 0 Å². The number of hydrogen-bond donors (Lipinski definition) is 2. The zero-order chi connectivity index (χ0) is 17.2. The summed E-state index contributed by atoms with van der Waals surface area (Å²) in [4.78, 5) is 3.76. The molecule has 0 bridgehead atoms. The second kappa shape index (κ2) is 9.26. The summed E-state index contributed by atoms with van der Waals surface area (Å²) in [6, 6.07) is 12.0. The largest absolute Gasteiger partial charge is 0.294 e. The Kier molecular flexibility index (Phi) is 8.50. The topological polar surface area (TPSA) is 122 Å². The van der Waals surface area contributed by atoms with Crippen LogP contribution in [0.25, 0.3) is 0 Å². The number of benzene rings is 1. The van der Waals surface area contributed by atoms with Crippen molar-refractivity contribution in [1.82, 2.24) is 4.98 Å². The number of aromatic nitrogens is 1. The molecule has 0 aliphatic heterocycles. The van der Waals surface area contributed by atoms with E-state index in [4.69, 9.17) is 9.11 Å². The van der Waals surface area contributed by atoms with E-state index in [1.165, 1.54) is 6.07 Å². The minimum Gasteiger partial charge on any atom is -0.286 e. The van der Waals surface area contributed by atoms with Crippen LogP contribution in [0.3, 0.4) is 0 Å². The van der Waals surface area contributed by atoms with E-state index in [0.29, 0.717) is 11.8 Å². The van der Waals surface area contributed by atoms with E-state index in [-0.39, 0.29) is 4.90 Å². The van der Waals surface area contributed by atoms with Crippen LogP contribution in [0.5, 0.6) is 0 Å². The molecule has 1 heterocycles. The van der Waals surface area contributed by atoms with Gasteiger partial charge in [0.05, 0.1) is 11.2 Å². The normalized spacial score (nSPS) is 10.5. The fourth-order valence-corrected chi connectivity index (χ4v) is 1.88. The van der Waals surface area contributed by atoms with Crippen LogP contribution < -0.4 is 0 Å². The molecule has 0 amide bonds. The van der Waals surface area contributed by atoms with E-state index in [2.05, 4.69) is 4.98 Å². The highest BCUT2D eigenvalue weighted by molar-refractivity contribution is 7.86. The Morgan fingerprint density at radius 2 is 1.32 bits per heavy atom. The van der Waals surface area contributed by atoms with E-state index in [1.807, 2.05) is 18.2 Å². The molecule has 0 aliphatic rings. The number of nitrogens with zero attached hydrogens (tertiary/aromatic N) is 1. The molecule has 2 N–H and O–H groups in total. The predicted octanol–water partition coefficient (Wildman–Crippen LogP) is 1.83. The minimum absolute atomic E-state index is 0.0278. The molecule has 122 valence electrons. The molecular weight excluding hydrogens is 330 g/mol. The van der Waals surface area contributed by atoms with E-state index in [1.54, 1.807) is 37.5 Å². The molecule has 0 aliphatic carbocycles. The zero-order valence-corrected chi connectivity index (χ0v) is 13.6. The average Bonchev–Trinajstić information content (AvgIpc) is 2.39. The molecular formula is C13H17NO6S2. The molecule has 1 aromatic heterocycles. The van der Waals surface area contributed by atoms with Crippen LogP contribution >= 0.6 is 0 Å². The van der Waals surface area contributed by atoms with E-state index >= 15 is 0 Å². The van der Waals surface area contributed by atoms with Gasteiger partial charge in [-0.05, 0) is 30.7 Å². The number of pyridine rings is 1. The highest BCUT2D eigenvalue weighted by Crippen LogP contribution is 2.12. The highest BCUT2D eigenvalue weighted by atomic mass is 32.2. The molecule has 0 saturated carbocycles. The lowest BCUT2D eigenvalue weighted by molar-refractivity contribution is 0.482. The first kappa shape index (κ1) is 20.2. The van der Waals surface area contributed by atoms with Gasteiger partial charge in [0.15, 0.2) is 0 Å². The Balaban J connectivity index is 0.000000338. The molecule has 0 saturated heterocycles. The van der Waals surface area contributed by atoms with Crippen LogP contribution in [0.2, 0.25) is 0 Å². The van der Waals surface area contributed by atoms with Gasteiger partial charge in [0, 0.05) is 12.4 Å². The van der Waals surface area contributed by atoms with Gasteiger partial charge >= 0.3 is 0 Å². The van der Waals surface area contributed by atoms with Crippen molar-refractivity contribution in [2.24, 2.45) is 0 Å². The second-order valence-corrected chi connectivity index (χ2v) is 6.85. The van der Waals surface area contributed by atoms with E-state index in [9.17, 15) is 16.8 Å². The molecule has 7 nitrogen and oxygen atoms in total. The lowest BCUT2D eigenvalue weighted by Crippen LogP contribution is -1.99. The Morgan fingerprint density at radius 1 is 0.864 bits per heavy atom. The van der Waals surface area contributed by atoms with Crippen molar-refractivity contribution < 1.29 is 25.9 Å². The average molecular weight is 347 g/mol. The van der Waals surface area contributed by atoms with E-state index < -0.39 is 20.2 Å². The third kappa shape index (κ3) is 12.0. The van der Waals surface area contributed by atoms with Crippen molar-refractivity contribution in [2.75, 3.05) is 6.26 Å². The Bertz CT molecular complexity index is 723. The molecule has 2 aromatic rings. The molecule has 1 aromatic carbocycles. The van der Waals surface area contributed by atoms with Crippen LogP contribution in [0.1, 0.15) is 5.56 Å². The minimum atomic E-state index is -4.03. The third-order valence-electron chi connectivity index (χ3n) is 1.94. The van der Waals surface area contributed by atoms with Crippen LogP contribution in [-0.2, 0) is 20.2 Å². The first-order valence-electron chi connectivity index (χ1n) is 5.82. The summed E-state index contributed by atoms with van der Waals surface area (Å²) in [6.07, 6.45) is 4.22. The van der Waals surface area contributed by atoms with Gasteiger partial charge in [0.1, 0.15) is 0 Å². The standard InChI is InChI=1S/C7H8O3S.C5H5N.CH4O3S/c1-6-4-2-3-5-7(6)11(8,9)10;1-2-4-6-5-3-1;1-5(2,3)4/h2-5H,1H3,(H,8,9,10);1-5H;1H3,(H,2,3,4). The number of hydrogen-bond acceptors (Lipinski definition) is 5. The summed E-state index contributed by atoms with van der Waals surface area (Å²) >= 11 is 0. The van der Waals surface area contributed by atoms with Gasteiger partial charge in [-0.1, -0.05) is 24.3 Å².